The quantitative estimate of drug-likeness (QED) is 0.222. The highest BCUT2D eigenvalue weighted by Crippen LogP contribution is 2.28. The van der Waals surface area contributed by atoms with Crippen LogP contribution in [0.4, 0.5) is 11.4 Å². The highest BCUT2D eigenvalue weighted by atomic mass is 32.2. The van der Waals surface area contributed by atoms with Gasteiger partial charge in [0.1, 0.15) is 12.6 Å². The van der Waals surface area contributed by atoms with E-state index < -0.39 is 33.4 Å². The van der Waals surface area contributed by atoms with E-state index in [1.807, 2.05) is 61.5 Å². The number of carbonyl (C=O) groups excluding carboxylic acids is 2. The Morgan fingerprint density at radius 1 is 0.955 bits per heavy atom. The molecule has 44 heavy (non-hydrogen) atoms. The largest absolute Gasteiger partial charge is 0.352 e. The number of sulfonamides is 1. The summed E-state index contributed by atoms with van der Waals surface area (Å²) in [5.74, 6) is -0.885. The lowest BCUT2D eigenvalue weighted by molar-refractivity contribution is -0.384. The van der Waals surface area contributed by atoms with Crippen LogP contribution in [-0.2, 0) is 32.6 Å². The van der Waals surface area contributed by atoms with Crippen molar-refractivity contribution in [1.29, 1.82) is 0 Å². The van der Waals surface area contributed by atoms with Crippen LogP contribution in [0.25, 0.3) is 0 Å². The lowest BCUT2D eigenvalue weighted by Gasteiger charge is -2.35. The minimum atomic E-state index is -4.06. The number of benzene rings is 3. The van der Waals surface area contributed by atoms with E-state index in [0.717, 1.165) is 65.4 Å². The predicted octanol–water partition coefficient (Wildman–Crippen LogP) is 5.07. The van der Waals surface area contributed by atoms with E-state index in [9.17, 15) is 28.1 Å². The van der Waals surface area contributed by atoms with Crippen LogP contribution >= 0.6 is 0 Å². The molecule has 0 heterocycles. The molecule has 1 aliphatic carbocycles. The number of rotatable bonds is 12. The molecule has 0 spiro atoms. The zero-order chi connectivity index (χ0) is 31.9. The van der Waals surface area contributed by atoms with E-state index in [0.29, 0.717) is 5.56 Å². The summed E-state index contributed by atoms with van der Waals surface area (Å²) in [6.45, 7) is 2.99. The number of aryl methyl sites for hydroxylation is 2. The Morgan fingerprint density at radius 3 is 2.25 bits per heavy atom. The van der Waals surface area contributed by atoms with E-state index in [1.54, 1.807) is 6.92 Å². The Hall–Kier alpha value is -4.25. The monoisotopic (exact) mass is 620 g/mol. The molecule has 3 aromatic rings. The predicted molar refractivity (Wildman–Crippen MR) is 171 cm³/mol. The second kappa shape index (κ2) is 14.5. The van der Waals surface area contributed by atoms with Gasteiger partial charge < -0.3 is 10.2 Å². The van der Waals surface area contributed by atoms with Gasteiger partial charge in [-0.2, -0.15) is 0 Å². The van der Waals surface area contributed by atoms with Crippen molar-refractivity contribution in [3.8, 4) is 0 Å². The second-order valence-electron chi connectivity index (χ2n) is 11.5. The Bertz CT molecular complexity index is 1590. The van der Waals surface area contributed by atoms with Crippen molar-refractivity contribution in [2.75, 3.05) is 17.1 Å². The molecule has 10 nitrogen and oxygen atoms in total. The lowest BCUT2D eigenvalue weighted by Crippen LogP contribution is -2.55. The summed E-state index contributed by atoms with van der Waals surface area (Å²) in [5, 5.41) is 14.7. The van der Waals surface area contributed by atoms with Crippen LogP contribution in [0.15, 0.2) is 72.8 Å². The maximum Gasteiger partial charge on any atom is 0.271 e. The van der Waals surface area contributed by atoms with Gasteiger partial charge in [-0.3, -0.25) is 24.0 Å². The minimum absolute atomic E-state index is 0.00460. The second-order valence-corrected chi connectivity index (χ2v) is 13.4. The number of nitro groups is 1. The average molecular weight is 621 g/mol. The summed E-state index contributed by atoms with van der Waals surface area (Å²) in [5.41, 5.74) is 2.80. The standard InChI is InChI=1S/C33H40N4O6S/c1-24-12-10-11-15-27(24)22-35(31(20-26-13-6-4-7-14-26)33(39)34-28-16-8-5-9-17-28)32(38)23-36(44(3,42)43)30-21-29(37(40)41)19-18-25(30)2/h4,6-7,10-15,18-19,21,28,31H,5,8-9,16-17,20,22-23H2,1-3H3,(H,34,39). The molecule has 0 saturated heterocycles. The molecule has 234 valence electrons. The van der Waals surface area contributed by atoms with Gasteiger partial charge in [-0.1, -0.05) is 79.9 Å². The number of amides is 2. The van der Waals surface area contributed by atoms with Gasteiger partial charge in [0.15, 0.2) is 0 Å². The number of carbonyl (C=O) groups is 2. The highest BCUT2D eigenvalue weighted by Gasteiger charge is 2.35. The Balaban J connectivity index is 1.77. The zero-order valence-electron chi connectivity index (χ0n) is 25.4. The number of nitrogens with one attached hydrogen (secondary N) is 1. The molecule has 3 aromatic carbocycles. The number of hydrogen-bond acceptors (Lipinski definition) is 6. The van der Waals surface area contributed by atoms with E-state index in [-0.39, 0.29) is 36.3 Å². The molecule has 0 aromatic heterocycles. The maximum atomic E-state index is 14.4. The van der Waals surface area contributed by atoms with Gasteiger partial charge in [0.2, 0.25) is 21.8 Å². The van der Waals surface area contributed by atoms with Gasteiger partial charge in [-0.15, -0.1) is 0 Å². The van der Waals surface area contributed by atoms with Crippen molar-refractivity contribution in [2.45, 2.75) is 71.0 Å². The van der Waals surface area contributed by atoms with Crippen molar-refractivity contribution < 1.29 is 22.9 Å². The van der Waals surface area contributed by atoms with Crippen LogP contribution in [0.5, 0.6) is 0 Å². The normalized spacial score (nSPS) is 14.4. The molecule has 0 bridgehead atoms. The Labute approximate surface area is 259 Å². The minimum Gasteiger partial charge on any atom is -0.352 e. The number of non-ortho nitro benzene ring substituents is 1. The molecule has 0 radical (unpaired) electrons. The first-order valence-electron chi connectivity index (χ1n) is 14.8. The fourth-order valence-corrected chi connectivity index (χ4v) is 6.54. The van der Waals surface area contributed by atoms with Crippen LogP contribution in [0.1, 0.15) is 54.4 Å². The van der Waals surface area contributed by atoms with E-state index in [2.05, 4.69) is 5.32 Å². The summed E-state index contributed by atoms with van der Waals surface area (Å²) in [6.07, 6.45) is 6.08. The molecule has 1 fully saturated rings. The van der Waals surface area contributed by atoms with E-state index >= 15 is 0 Å². The highest BCUT2D eigenvalue weighted by molar-refractivity contribution is 7.92. The Morgan fingerprint density at radius 2 is 1.61 bits per heavy atom. The summed E-state index contributed by atoms with van der Waals surface area (Å²) >= 11 is 0. The molecule has 1 N–H and O–H groups in total. The van der Waals surface area contributed by atoms with Crippen LogP contribution in [0.2, 0.25) is 0 Å². The van der Waals surface area contributed by atoms with Gasteiger partial charge in [0.25, 0.3) is 5.69 Å². The third kappa shape index (κ3) is 8.43. The van der Waals surface area contributed by atoms with Gasteiger partial charge >= 0.3 is 0 Å². The first-order valence-corrected chi connectivity index (χ1v) is 16.7. The number of hydrogen-bond donors (Lipinski definition) is 1. The SMILES string of the molecule is Cc1ccccc1CN(C(=O)CN(c1cc([N+](=O)[O-])ccc1C)S(C)(=O)=O)C(Cc1ccccc1)C(=O)NC1CCCCC1. The van der Waals surface area contributed by atoms with Crippen LogP contribution < -0.4 is 9.62 Å². The van der Waals surface area contributed by atoms with Crippen molar-refractivity contribution in [3.05, 3.63) is 105 Å². The molecule has 1 saturated carbocycles. The van der Waals surface area contributed by atoms with Crippen molar-refractivity contribution in [1.82, 2.24) is 10.2 Å². The fourth-order valence-electron chi connectivity index (χ4n) is 5.64. The van der Waals surface area contributed by atoms with E-state index in [1.165, 1.54) is 17.0 Å². The maximum absolute atomic E-state index is 14.4. The number of nitro benzene ring substituents is 1. The fraction of sp³-hybridized carbons (Fsp3) is 0.394. The molecule has 11 heteroatoms. The lowest BCUT2D eigenvalue weighted by atomic mass is 9.94. The van der Waals surface area contributed by atoms with Gasteiger partial charge in [-0.05, 0) is 48.9 Å². The van der Waals surface area contributed by atoms with Gasteiger partial charge in [0.05, 0.1) is 16.9 Å². The van der Waals surface area contributed by atoms with Crippen molar-refractivity contribution in [2.24, 2.45) is 0 Å². The zero-order valence-corrected chi connectivity index (χ0v) is 26.3. The van der Waals surface area contributed by atoms with Gasteiger partial charge in [-0.25, -0.2) is 8.42 Å². The average Bonchev–Trinajstić information content (AvgIpc) is 2.99. The summed E-state index contributed by atoms with van der Waals surface area (Å²) in [7, 11) is -4.06. The molecule has 1 atom stereocenters. The number of anilines is 1. The molecule has 4 rings (SSSR count). The smallest absolute Gasteiger partial charge is 0.271 e. The van der Waals surface area contributed by atoms with Crippen molar-refractivity contribution >= 4 is 33.2 Å². The summed E-state index contributed by atoms with van der Waals surface area (Å²) in [6, 6.07) is 19.9. The molecular weight excluding hydrogens is 580 g/mol. The summed E-state index contributed by atoms with van der Waals surface area (Å²) in [4.78, 5) is 40.8. The molecule has 2 amide bonds. The molecule has 1 aliphatic rings. The third-order valence-electron chi connectivity index (χ3n) is 8.18. The topological polar surface area (TPSA) is 130 Å². The first-order chi connectivity index (χ1) is 20.9. The molecule has 1 unspecified atom stereocenters. The molecule has 0 aliphatic heterocycles. The van der Waals surface area contributed by atoms with Gasteiger partial charge in [0, 0.05) is 31.1 Å². The van der Waals surface area contributed by atoms with Crippen LogP contribution in [0, 0.1) is 24.0 Å². The summed E-state index contributed by atoms with van der Waals surface area (Å²) < 4.78 is 27.1. The number of nitrogens with zero attached hydrogens (tertiary/aromatic N) is 3. The van der Waals surface area contributed by atoms with Crippen molar-refractivity contribution in [3.63, 3.8) is 0 Å². The molecular formula is C33H40N4O6S. The Kier molecular flexibility index (Phi) is 10.7. The van der Waals surface area contributed by atoms with Crippen LogP contribution in [-0.4, -0.2) is 54.9 Å². The third-order valence-corrected chi connectivity index (χ3v) is 9.30. The van der Waals surface area contributed by atoms with E-state index in [4.69, 9.17) is 0 Å². The van der Waals surface area contributed by atoms with Crippen LogP contribution in [0.3, 0.4) is 0 Å². The first kappa shape index (κ1) is 32.7.